The molecule has 1 aliphatic heterocycles. The van der Waals surface area contributed by atoms with E-state index in [2.05, 4.69) is 0 Å². The van der Waals surface area contributed by atoms with Crippen molar-refractivity contribution < 1.29 is 23.7 Å². The minimum absolute atomic E-state index is 0.0768. The lowest BCUT2D eigenvalue weighted by Crippen LogP contribution is -2.44. The first-order valence-corrected chi connectivity index (χ1v) is 10.7. The molecule has 2 aromatic rings. The van der Waals surface area contributed by atoms with Gasteiger partial charge in [0.1, 0.15) is 5.75 Å². The number of morpholine rings is 1. The molecule has 0 bridgehead atoms. The number of aromatic nitrogens is 2. The maximum Gasteiger partial charge on any atom is 0.225 e. The van der Waals surface area contributed by atoms with Crippen molar-refractivity contribution in [2.75, 3.05) is 53.8 Å². The zero-order valence-corrected chi connectivity index (χ0v) is 18.9. The van der Waals surface area contributed by atoms with Crippen LogP contribution in [0.3, 0.4) is 0 Å². The van der Waals surface area contributed by atoms with Gasteiger partial charge in [-0.1, -0.05) is 6.07 Å². The number of aryl methyl sites for hydroxylation is 1. The predicted octanol–water partition coefficient (Wildman–Crippen LogP) is 2.84. The van der Waals surface area contributed by atoms with E-state index in [9.17, 15) is 4.79 Å². The lowest BCUT2D eigenvalue weighted by atomic mass is 10.0. The molecule has 1 unspecified atom stereocenters. The highest BCUT2D eigenvalue weighted by Crippen LogP contribution is 2.31. The molecular formula is C23H33N3O5. The van der Waals surface area contributed by atoms with E-state index >= 15 is 0 Å². The molecule has 8 heteroatoms. The number of nitrogens with zero attached hydrogens (tertiary/aromatic N) is 3. The summed E-state index contributed by atoms with van der Waals surface area (Å²) in [6.45, 7) is 7.25. The zero-order valence-electron chi connectivity index (χ0n) is 18.9. The van der Waals surface area contributed by atoms with Crippen molar-refractivity contribution in [3.05, 3.63) is 41.2 Å². The summed E-state index contributed by atoms with van der Waals surface area (Å²) in [7, 11) is 3.32. The highest BCUT2D eigenvalue weighted by atomic mass is 16.5. The van der Waals surface area contributed by atoms with Gasteiger partial charge >= 0.3 is 0 Å². The summed E-state index contributed by atoms with van der Waals surface area (Å²) in [5, 5.41) is 4.76. The summed E-state index contributed by atoms with van der Waals surface area (Å²) in [6.07, 6.45) is 1.18. The molecule has 0 radical (unpaired) electrons. The van der Waals surface area contributed by atoms with E-state index in [0.29, 0.717) is 46.0 Å². The maximum absolute atomic E-state index is 13.0. The fourth-order valence-corrected chi connectivity index (χ4v) is 3.98. The largest absolute Gasteiger partial charge is 0.497 e. The van der Waals surface area contributed by atoms with Crippen LogP contribution < -0.4 is 4.74 Å². The van der Waals surface area contributed by atoms with Crippen LogP contribution in [0, 0.1) is 13.8 Å². The minimum atomic E-state index is -0.158. The molecule has 1 amide bonds. The van der Waals surface area contributed by atoms with Gasteiger partial charge in [0.15, 0.2) is 0 Å². The van der Waals surface area contributed by atoms with Crippen molar-refractivity contribution in [3.63, 3.8) is 0 Å². The summed E-state index contributed by atoms with van der Waals surface area (Å²) in [5.41, 5.74) is 3.85. The van der Waals surface area contributed by atoms with Gasteiger partial charge in [0.25, 0.3) is 0 Å². The molecule has 0 spiro atoms. The van der Waals surface area contributed by atoms with E-state index < -0.39 is 0 Å². The predicted molar refractivity (Wildman–Crippen MR) is 117 cm³/mol. The number of carbonyl (C=O) groups excluding carboxylic acids is 1. The molecule has 1 saturated heterocycles. The normalized spacial score (nSPS) is 16.5. The molecule has 0 saturated carbocycles. The van der Waals surface area contributed by atoms with E-state index in [4.69, 9.17) is 24.0 Å². The maximum atomic E-state index is 13.0. The highest BCUT2D eigenvalue weighted by Gasteiger charge is 2.32. The van der Waals surface area contributed by atoms with Gasteiger partial charge in [0.2, 0.25) is 5.91 Å². The van der Waals surface area contributed by atoms with E-state index in [0.717, 1.165) is 34.8 Å². The SMILES string of the molecule is COCCCOCCC(=O)N1CCOCC1c1c(C)nn(-c2cccc(OC)c2)c1C. The third kappa shape index (κ3) is 5.64. The van der Waals surface area contributed by atoms with E-state index in [1.54, 1.807) is 14.2 Å². The van der Waals surface area contributed by atoms with Crippen LogP contribution in [0.2, 0.25) is 0 Å². The number of rotatable bonds is 10. The molecule has 1 atom stereocenters. The number of hydrogen-bond donors (Lipinski definition) is 0. The van der Waals surface area contributed by atoms with Crippen molar-refractivity contribution in [1.29, 1.82) is 0 Å². The van der Waals surface area contributed by atoms with Gasteiger partial charge in [-0.05, 0) is 32.4 Å². The molecule has 31 heavy (non-hydrogen) atoms. The molecule has 1 fully saturated rings. The highest BCUT2D eigenvalue weighted by molar-refractivity contribution is 5.77. The van der Waals surface area contributed by atoms with Gasteiger partial charge in [-0.3, -0.25) is 4.79 Å². The molecule has 1 aromatic heterocycles. The summed E-state index contributed by atoms with van der Waals surface area (Å²) >= 11 is 0. The average Bonchev–Trinajstić information content (AvgIpc) is 3.09. The summed E-state index contributed by atoms with van der Waals surface area (Å²) in [6, 6.07) is 7.63. The zero-order chi connectivity index (χ0) is 22.2. The molecule has 2 heterocycles. The Labute approximate surface area is 184 Å². The Morgan fingerprint density at radius 2 is 2.06 bits per heavy atom. The third-order valence-electron chi connectivity index (χ3n) is 5.52. The first-order valence-electron chi connectivity index (χ1n) is 10.7. The van der Waals surface area contributed by atoms with Crippen LogP contribution in [0.1, 0.15) is 35.8 Å². The van der Waals surface area contributed by atoms with Gasteiger partial charge < -0.3 is 23.8 Å². The second-order valence-electron chi connectivity index (χ2n) is 7.58. The van der Waals surface area contributed by atoms with E-state index in [1.807, 2.05) is 47.7 Å². The van der Waals surface area contributed by atoms with Gasteiger partial charge in [0, 0.05) is 44.2 Å². The van der Waals surface area contributed by atoms with Crippen molar-refractivity contribution in [3.8, 4) is 11.4 Å². The van der Waals surface area contributed by atoms with Crippen LogP contribution in [0.25, 0.3) is 5.69 Å². The van der Waals surface area contributed by atoms with Crippen LogP contribution in [0.5, 0.6) is 5.75 Å². The number of benzene rings is 1. The summed E-state index contributed by atoms with van der Waals surface area (Å²) < 4.78 is 23.6. The molecule has 170 valence electrons. The summed E-state index contributed by atoms with van der Waals surface area (Å²) in [5.74, 6) is 0.850. The fraction of sp³-hybridized carbons (Fsp3) is 0.565. The Balaban J connectivity index is 1.75. The van der Waals surface area contributed by atoms with Crippen molar-refractivity contribution in [1.82, 2.24) is 14.7 Å². The minimum Gasteiger partial charge on any atom is -0.497 e. The average molecular weight is 432 g/mol. The van der Waals surface area contributed by atoms with Gasteiger partial charge in [-0.15, -0.1) is 0 Å². The lowest BCUT2D eigenvalue weighted by Gasteiger charge is -2.36. The van der Waals surface area contributed by atoms with Crippen LogP contribution in [0.15, 0.2) is 24.3 Å². The molecule has 1 aromatic carbocycles. The van der Waals surface area contributed by atoms with Gasteiger partial charge in [0.05, 0.1) is 50.8 Å². The lowest BCUT2D eigenvalue weighted by molar-refractivity contribution is -0.141. The number of amides is 1. The van der Waals surface area contributed by atoms with E-state index in [1.165, 1.54) is 0 Å². The van der Waals surface area contributed by atoms with Crippen molar-refractivity contribution in [2.24, 2.45) is 0 Å². The smallest absolute Gasteiger partial charge is 0.225 e. The van der Waals surface area contributed by atoms with Crippen LogP contribution in [-0.4, -0.2) is 74.4 Å². The Morgan fingerprint density at radius 3 is 2.84 bits per heavy atom. The van der Waals surface area contributed by atoms with Crippen LogP contribution in [0.4, 0.5) is 0 Å². The second kappa shape index (κ2) is 11.3. The Morgan fingerprint density at radius 1 is 1.23 bits per heavy atom. The van der Waals surface area contributed by atoms with Crippen molar-refractivity contribution >= 4 is 5.91 Å². The van der Waals surface area contributed by atoms with Crippen LogP contribution >= 0.6 is 0 Å². The first kappa shape index (κ1) is 23.2. The number of ether oxygens (including phenoxy) is 4. The van der Waals surface area contributed by atoms with Gasteiger partial charge in [-0.2, -0.15) is 5.10 Å². The fourth-order valence-electron chi connectivity index (χ4n) is 3.98. The Hall–Kier alpha value is -2.42. The standard InChI is InChI=1S/C23H33N3O5/c1-17-23(18(2)26(24-17)19-7-5-8-20(15-19)29-4)21-16-31-14-10-25(21)22(27)9-13-30-12-6-11-28-3/h5,7-8,15,21H,6,9-14,16H2,1-4H3. The second-order valence-corrected chi connectivity index (χ2v) is 7.58. The van der Waals surface area contributed by atoms with Gasteiger partial charge in [-0.25, -0.2) is 4.68 Å². The molecule has 1 aliphatic rings. The topological polar surface area (TPSA) is 75.0 Å². The van der Waals surface area contributed by atoms with Crippen LogP contribution in [-0.2, 0) is 19.0 Å². The number of hydrogen-bond acceptors (Lipinski definition) is 6. The van der Waals surface area contributed by atoms with Crippen molar-refractivity contribution in [2.45, 2.75) is 32.7 Å². The molecular weight excluding hydrogens is 398 g/mol. The van der Waals surface area contributed by atoms with E-state index in [-0.39, 0.29) is 11.9 Å². The number of methoxy groups -OCH3 is 2. The Kier molecular flexibility index (Phi) is 8.45. The molecule has 8 nitrogen and oxygen atoms in total. The molecule has 0 N–H and O–H groups in total. The monoisotopic (exact) mass is 431 g/mol. The Bertz CT molecular complexity index is 867. The number of carbonyl (C=O) groups is 1. The quantitative estimate of drug-likeness (QED) is 0.539. The third-order valence-corrected chi connectivity index (χ3v) is 5.52. The first-order chi connectivity index (χ1) is 15.1. The molecule has 0 aliphatic carbocycles. The molecule has 3 rings (SSSR count). The summed E-state index contributed by atoms with van der Waals surface area (Å²) in [4.78, 5) is 14.9.